The lowest BCUT2D eigenvalue weighted by atomic mass is 10.3. The van der Waals surface area contributed by atoms with Crippen LogP contribution in [0.1, 0.15) is 23.5 Å². The molecule has 0 aliphatic heterocycles. The molecule has 1 rings (SSSR count). The van der Waals surface area contributed by atoms with Crippen molar-refractivity contribution >= 4 is 17.2 Å². The van der Waals surface area contributed by atoms with Crippen molar-refractivity contribution in [2.75, 3.05) is 13.6 Å². The van der Waals surface area contributed by atoms with Gasteiger partial charge in [0.05, 0.1) is 6.54 Å². The van der Waals surface area contributed by atoms with Crippen LogP contribution in [0.5, 0.6) is 0 Å². The maximum atomic E-state index is 12.3. The molecule has 4 nitrogen and oxygen atoms in total. The van der Waals surface area contributed by atoms with E-state index in [1.165, 1.54) is 11.9 Å². The number of hydrogen-bond donors (Lipinski definition) is 1. The van der Waals surface area contributed by atoms with Crippen LogP contribution in [0, 0.1) is 0 Å². The number of thiazole rings is 1. The van der Waals surface area contributed by atoms with Crippen LogP contribution in [-0.4, -0.2) is 29.4 Å². The Balaban J connectivity index is 2.57. The highest BCUT2D eigenvalue weighted by molar-refractivity contribution is 7.09. The van der Waals surface area contributed by atoms with E-state index in [0.717, 1.165) is 16.7 Å². The van der Waals surface area contributed by atoms with Crippen molar-refractivity contribution in [3.63, 3.8) is 0 Å². The van der Waals surface area contributed by atoms with Crippen LogP contribution in [0.4, 0.5) is 13.2 Å². The molecular formula is C10H14F3N3OS. The second kappa shape index (κ2) is 6.14. The Hall–Kier alpha value is -1.15. The van der Waals surface area contributed by atoms with Gasteiger partial charge < -0.3 is 10.6 Å². The number of carbonyl (C=O) groups excluding carboxylic acids is 1. The lowest BCUT2D eigenvalue weighted by Gasteiger charge is -2.15. The molecule has 0 spiro atoms. The molecule has 8 heteroatoms. The summed E-state index contributed by atoms with van der Waals surface area (Å²) in [6, 6.07) is 0. The summed E-state index contributed by atoms with van der Waals surface area (Å²) < 4.78 is 36.9. The van der Waals surface area contributed by atoms with Gasteiger partial charge in [0.2, 0.25) is 5.91 Å². The largest absolute Gasteiger partial charge is 0.434 e. The zero-order valence-electron chi connectivity index (χ0n) is 9.83. The minimum absolute atomic E-state index is 0.0875. The van der Waals surface area contributed by atoms with E-state index in [4.69, 9.17) is 5.73 Å². The van der Waals surface area contributed by atoms with Crippen LogP contribution >= 0.6 is 11.3 Å². The first kappa shape index (κ1) is 14.9. The number of nitrogens with two attached hydrogens (primary N) is 1. The van der Waals surface area contributed by atoms with Gasteiger partial charge in [0.1, 0.15) is 5.01 Å². The van der Waals surface area contributed by atoms with E-state index in [-0.39, 0.29) is 17.5 Å². The van der Waals surface area contributed by atoms with E-state index in [1.54, 1.807) is 0 Å². The second-order valence-corrected chi connectivity index (χ2v) is 4.71. The molecule has 0 unspecified atom stereocenters. The Kier molecular flexibility index (Phi) is 5.09. The predicted molar refractivity (Wildman–Crippen MR) is 61.9 cm³/mol. The van der Waals surface area contributed by atoms with E-state index < -0.39 is 11.9 Å². The van der Waals surface area contributed by atoms with E-state index in [0.29, 0.717) is 19.4 Å². The highest BCUT2D eigenvalue weighted by Crippen LogP contribution is 2.30. The lowest BCUT2D eigenvalue weighted by Crippen LogP contribution is -2.26. The number of hydrogen-bond acceptors (Lipinski definition) is 4. The van der Waals surface area contributed by atoms with E-state index in [9.17, 15) is 18.0 Å². The van der Waals surface area contributed by atoms with Crippen molar-refractivity contribution in [1.82, 2.24) is 9.88 Å². The summed E-state index contributed by atoms with van der Waals surface area (Å²) in [7, 11) is 1.54. The zero-order valence-corrected chi connectivity index (χ0v) is 10.6. The first-order valence-electron chi connectivity index (χ1n) is 5.30. The zero-order chi connectivity index (χ0) is 13.8. The van der Waals surface area contributed by atoms with Crippen LogP contribution in [-0.2, 0) is 17.5 Å². The molecule has 0 bridgehead atoms. The van der Waals surface area contributed by atoms with Crippen LogP contribution in [0.15, 0.2) is 5.38 Å². The summed E-state index contributed by atoms with van der Waals surface area (Å²) in [5, 5.41) is 1.22. The van der Waals surface area contributed by atoms with Crippen molar-refractivity contribution in [2.45, 2.75) is 25.6 Å². The fourth-order valence-corrected chi connectivity index (χ4v) is 2.10. The highest BCUT2D eigenvalue weighted by Gasteiger charge is 2.33. The summed E-state index contributed by atoms with van der Waals surface area (Å²) in [5.74, 6) is -0.149. The summed E-state index contributed by atoms with van der Waals surface area (Å²) in [5.41, 5.74) is 4.36. The average Bonchev–Trinajstić information content (AvgIpc) is 2.73. The molecule has 0 atom stereocenters. The summed E-state index contributed by atoms with van der Waals surface area (Å²) in [4.78, 5) is 16.3. The van der Waals surface area contributed by atoms with Crippen molar-refractivity contribution in [3.05, 3.63) is 16.1 Å². The smallest absolute Gasteiger partial charge is 0.339 e. The Morgan fingerprint density at radius 3 is 2.72 bits per heavy atom. The molecule has 0 radical (unpaired) electrons. The molecule has 1 aromatic rings. The van der Waals surface area contributed by atoms with Gasteiger partial charge in [0.25, 0.3) is 0 Å². The molecule has 18 heavy (non-hydrogen) atoms. The first-order valence-corrected chi connectivity index (χ1v) is 6.18. The fraction of sp³-hybridized carbons (Fsp3) is 0.600. The highest BCUT2D eigenvalue weighted by atomic mass is 32.1. The molecule has 0 saturated carbocycles. The Bertz CT molecular complexity index is 405. The SMILES string of the molecule is CN(Cc1nc(C(F)(F)F)cs1)C(=O)CCCN. The van der Waals surface area contributed by atoms with Gasteiger partial charge in [-0.05, 0) is 13.0 Å². The van der Waals surface area contributed by atoms with Gasteiger partial charge in [0.15, 0.2) is 5.69 Å². The predicted octanol–water partition coefficient (Wildman–Crippen LogP) is 1.86. The number of nitrogens with zero attached hydrogens (tertiary/aromatic N) is 2. The van der Waals surface area contributed by atoms with E-state index in [2.05, 4.69) is 4.98 Å². The van der Waals surface area contributed by atoms with Gasteiger partial charge in [-0.2, -0.15) is 13.2 Å². The van der Waals surface area contributed by atoms with Crippen LogP contribution in [0.2, 0.25) is 0 Å². The van der Waals surface area contributed by atoms with E-state index >= 15 is 0 Å². The van der Waals surface area contributed by atoms with Gasteiger partial charge in [-0.25, -0.2) is 4.98 Å². The maximum Gasteiger partial charge on any atom is 0.434 e. The third kappa shape index (κ3) is 4.26. The van der Waals surface area contributed by atoms with Gasteiger partial charge in [0, 0.05) is 18.8 Å². The molecule has 0 fully saturated rings. The quantitative estimate of drug-likeness (QED) is 0.896. The van der Waals surface area contributed by atoms with Crippen molar-refractivity contribution in [2.24, 2.45) is 5.73 Å². The summed E-state index contributed by atoms with van der Waals surface area (Å²) in [6.45, 7) is 0.499. The van der Waals surface area contributed by atoms with Crippen molar-refractivity contribution in [3.8, 4) is 0 Å². The molecule has 2 N–H and O–H groups in total. The number of alkyl halides is 3. The monoisotopic (exact) mass is 281 g/mol. The summed E-state index contributed by atoms with van der Waals surface area (Å²) in [6.07, 6.45) is -3.57. The van der Waals surface area contributed by atoms with Gasteiger partial charge >= 0.3 is 6.18 Å². The summed E-state index contributed by atoms with van der Waals surface area (Å²) >= 11 is 0.896. The molecule has 102 valence electrons. The molecule has 1 amide bonds. The Labute approximate surface area is 107 Å². The lowest BCUT2D eigenvalue weighted by molar-refractivity contribution is -0.140. The Morgan fingerprint density at radius 2 is 2.22 bits per heavy atom. The standard InChI is InChI=1S/C10H14F3N3OS/c1-16(9(17)3-2-4-14)5-8-15-7(6-18-8)10(11,12)13/h6H,2-5,14H2,1H3. The van der Waals surface area contributed by atoms with Crippen LogP contribution < -0.4 is 5.73 Å². The van der Waals surface area contributed by atoms with Crippen molar-refractivity contribution < 1.29 is 18.0 Å². The minimum Gasteiger partial charge on any atom is -0.339 e. The second-order valence-electron chi connectivity index (χ2n) is 3.77. The molecule has 0 aliphatic carbocycles. The van der Waals surface area contributed by atoms with Crippen LogP contribution in [0.3, 0.4) is 0 Å². The number of rotatable bonds is 5. The molecule has 1 aromatic heterocycles. The maximum absolute atomic E-state index is 12.3. The third-order valence-electron chi connectivity index (χ3n) is 2.24. The van der Waals surface area contributed by atoms with Gasteiger partial charge in [-0.15, -0.1) is 11.3 Å². The number of aromatic nitrogens is 1. The number of halogens is 3. The fourth-order valence-electron chi connectivity index (χ4n) is 1.25. The van der Waals surface area contributed by atoms with Crippen molar-refractivity contribution in [1.29, 1.82) is 0 Å². The van der Waals surface area contributed by atoms with Gasteiger partial charge in [-0.3, -0.25) is 4.79 Å². The molecule has 0 aliphatic rings. The van der Waals surface area contributed by atoms with E-state index in [1.807, 2.05) is 0 Å². The third-order valence-corrected chi connectivity index (χ3v) is 3.07. The van der Waals surface area contributed by atoms with Crippen LogP contribution in [0.25, 0.3) is 0 Å². The number of amides is 1. The molecule has 1 heterocycles. The molecule has 0 saturated heterocycles. The minimum atomic E-state index is -4.43. The first-order chi connectivity index (χ1) is 8.34. The number of carbonyl (C=O) groups is 1. The molecule has 0 aromatic carbocycles. The van der Waals surface area contributed by atoms with Gasteiger partial charge in [-0.1, -0.05) is 0 Å². The topological polar surface area (TPSA) is 59.2 Å². The average molecular weight is 281 g/mol. The molecular weight excluding hydrogens is 267 g/mol. The Morgan fingerprint density at radius 1 is 1.56 bits per heavy atom. The normalized spacial score (nSPS) is 11.6.